The van der Waals surface area contributed by atoms with Gasteiger partial charge in [0, 0.05) is 63.1 Å². The van der Waals surface area contributed by atoms with Gasteiger partial charge in [0.15, 0.2) is 0 Å². The van der Waals surface area contributed by atoms with Crippen LogP contribution in [0, 0.1) is 0 Å². The fraction of sp³-hybridized carbons (Fsp3) is 0.385. The number of amides is 2. The Balaban J connectivity index is 1.33. The summed E-state index contributed by atoms with van der Waals surface area (Å²) in [7, 11) is 1.83. The second-order valence-electron chi connectivity index (χ2n) is 8.82. The molecule has 2 aromatic rings. The molecule has 3 aliphatic rings. The standard InChI is InChI=1S/C26H30N4O3/c1-28-23-10-9-20(29-13-5-6-14-29)17-21(23)24(25(28)31)22-11-15-30(16-12-27-22)26(32)33-18-19-7-3-2-4-8-19/h2-4,7-10,17,27H,5-6,11-16,18H2,1H3/b24-22-. The quantitative estimate of drug-likeness (QED) is 0.730. The number of carbonyl (C=O) groups is 2. The predicted octanol–water partition coefficient (Wildman–Crippen LogP) is 3.61. The highest BCUT2D eigenvalue weighted by Crippen LogP contribution is 2.40. The van der Waals surface area contributed by atoms with E-state index in [0.29, 0.717) is 26.1 Å². The van der Waals surface area contributed by atoms with Crippen molar-refractivity contribution < 1.29 is 14.3 Å². The van der Waals surface area contributed by atoms with Crippen molar-refractivity contribution in [3.05, 3.63) is 65.4 Å². The third-order valence-electron chi connectivity index (χ3n) is 6.72. The second-order valence-corrected chi connectivity index (χ2v) is 8.82. The van der Waals surface area contributed by atoms with Gasteiger partial charge in [-0.3, -0.25) is 4.79 Å². The van der Waals surface area contributed by atoms with E-state index in [2.05, 4.69) is 28.4 Å². The van der Waals surface area contributed by atoms with Gasteiger partial charge in [0.1, 0.15) is 6.61 Å². The van der Waals surface area contributed by atoms with Crippen LogP contribution in [0.1, 0.15) is 30.4 Å². The van der Waals surface area contributed by atoms with Crippen molar-refractivity contribution in [2.75, 3.05) is 49.6 Å². The molecule has 0 radical (unpaired) electrons. The van der Waals surface area contributed by atoms with Crippen LogP contribution in [-0.2, 0) is 16.1 Å². The van der Waals surface area contributed by atoms with E-state index in [1.165, 1.54) is 18.5 Å². The number of likely N-dealkylation sites (N-methyl/N-ethyl adjacent to an activating group) is 1. The Bertz CT molecular complexity index is 1080. The first-order valence-electron chi connectivity index (χ1n) is 11.7. The molecule has 7 heteroatoms. The lowest BCUT2D eigenvalue weighted by molar-refractivity contribution is -0.112. The third kappa shape index (κ3) is 4.27. The SMILES string of the molecule is CN1C(=O)/C(=C2/CCN(C(=O)OCc3ccccc3)CCN2)c2cc(N3CCCC3)ccc21. The molecule has 7 nitrogen and oxygen atoms in total. The van der Waals surface area contributed by atoms with E-state index >= 15 is 0 Å². The first-order chi connectivity index (χ1) is 16.1. The number of hydrogen-bond acceptors (Lipinski definition) is 5. The van der Waals surface area contributed by atoms with Crippen LogP contribution in [0.15, 0.2) is 54.2 Å². The van der Waals surface area contributed by atoms with Crippen molar-refractivity contribution >= 4 is 28.9 Å². The van der Waals surface area contributed by atoms with Gasteiger partial charge < -0.3 is 24.8 Å². The summed E-state index contributed by atoms with van der Waals surface area (Å²) in [5.74, 6) is 0.00572. The molecule has 3 heterocycles. The molecule has 0 saturated carbocycles. The maximum atomic E-state index is 13.2. The zero-order valence-corrected chi connectivity index (χ0v) is 19.0. The summed E-state index contributed by atoms with van der Waals surface area (Å²) >= 11 is 0. The maximum Gasteiger partial charge on any atom is 0.410 e. The number of nitrogens with zero attached hydrogens (tertiary/aromatic N) is 3. The number of rotatable bonds is 3. The fourth-order valence-corrected chi connectivity index (χ4v) is 4.87. The van der Waals surface area contributed by atoms with Gasteiger partial charge in [-0.2, -0.15) is 0 Å². The van der Waals surface area contributed by atoms with Crippen LogP contribution in [0.2, 0.25) is 0 Å². The minimum absolute atomic E-state index is 0.00572. The molecule has 172 valence electrons. The van der Waals surface area contributed by atoms with Gasteiger partial charge in [0.05, 0.1) is 11.3 Å². The van der Waals surface area contributed by atoms with E-state index in [1.54, 1.807) is 9.80 Å². The maximum absolute atomic E-state index is 13.2. The average Bonchev–Trinajstić information content (AvgIpc) is 3.38. The molecule has 0 spiro atoms. The average molecular weight is 447 g/mol. The lowest BCUT2D eigenvalue weighted by Crippen LogP contribution is -2.34. The predicted molar refractivity (Wildman–Crippen MR) is 129 cm³/mol. The number of anilines is 2. The molecule has 0 aromatic heterocycles. The normalized spacial score (nSPS) is 20.5. The van der Waals surface area contributed by atoms with Crippen LogP contribution in [0.4, 0.5) is 16.2 Å². The van der Waals surface area contributed by atoms with Crippen molar-refractivity contribution in [3.8, 4) is 0 Å². The highest BCUT2D eigenvalue weighted by molar-refractivity contribution is 6.33. The van der Waals surface area contributed by atoms with E-state index in [1.807, 2.05) is 37.4 Å². The zero-order valence-electron chi connectivity index (χ0n) is 19.0. The Labute approximate surface area is 194 Å². The van der Waals surface area contributed by atoms with E-state index in [9.17, 15) is 9.59 Å². The van der Waals surface area contributed by atoms with Crippen LogP contribution in [0.3, 0.4) is 0 Å². The lowest BCUT2D eigenvalue weighted by Gasteiger charge is -2.19. The van der Waals surface area contributed by atoms with Crippen LogP contribution >= 0.6 is 0 Å². The molecule has 33 heavy (non-hydrogen) atoms. The van der Waals surface area contributed by atoms with Crippen LogP contribution < -0.4 is 15.1 Å². The summed E-state index contributed by atoms with van der Waals surface area (Å²) in [6.45, 7) is 4.01. The first-order valence-corrected chi connectivity index (χ1v) is 11.7. The Hall–Kier alpha value is -3.48. The van der Waals surface area contributed by atoms with E-state index in [-0.39, 0.29) is 18.6 Å². The van der Waals surface area contributed by atoms with Crippen LogP contribution in [0.5, 0.6) is 0 Å². The molecule has 3 aliphatic heterocycles. The van der Waals surface area contributed by atoms with Gasteiger partial charge in [0.2, 0.25) is 0 Å². The Morgan fingerprint density at radius 1 is 1.03 bits per heavy atom. The highest BCUT2D eigenvalue weighted by atomic mass is 16.6. The number of hydrogen-bond donors (Lipinski definition) is 1. The molecule has 2 amide bonds. The summed E-state index contributed by atoms with van der Waals surface area (Å²) in [5, 5.41) is 3.43. The third-order valence-corrected chi connectivity index (χ3v) is 6.72. The van der Waals surface area contributed by atoms with Crippen LogP contribution in [0.25, 0.3) is 5.57 Å². The largest absolute Gasteiger partial charge is 0.445 e. The number of ether oxygens (including phenoxy) is 1. The summed E-state index contributed by atoms with van der Waals surface area (Å²) in [4.78, 5) is 31.7. The zero-order chi connectivity index (χ0) is 22.8. The fourth-order valence-electron chi connectivity index (χ4n) is 4.87. The van der Waals surface area contributed by atoms with E-state index in [4.69, 9.17) is 4.74 Å². The topological polar surface area (TPSA) is 65.1 Å². The number of carbonyl (C=O) groups excluding carboxylic acids is 2. The minimum atomic E-state index is -0.321. The van der Waals surface area contributed by atoms with Crippen LogP contribution in [-0.4, -0.2) is 56.7 Å². The van der Waals surface area contributed by atoms with Gasteiger partial charge in [0.25, 0.3) is 5.91 Å². The Morgan fingerprint density at radius 3 is 2.61 bits per heavy atom. The Morgan fingerprint density at radius 2 is 1.82 bits per heavy atom. The Kier molecular flexibility index (Phi) is 5.94. The molecule has 5 rings (SSSR count). The molecule has 0 atom stereocenters. The molecule has 0 unspecified atom stereocenters. The number of benzene rings is 2. The number of fused-ring (bicyclic) bond motifs is 1. The van der Waals surface area contributed by atoms with Crippen molar-refractivity contribution in [1.29, 1.82) is 0 Å². The molecular weight excluding hydrogens is 416 g/mol. The molecule has 1 N–H and O–H groups in total. The molecule has 2 fully saturated rings. The highest BCUT2D eigenvalue weighted by Gasteiger charge is 2.34. The monoisotopic (exact) mass is 446 g/mol. The van der Waals surface area contributed by atoms with Gasteiger partial charge >= 0.3 is 6.09 Å². The lowest BCUT2D eigenvalue weighted by atomic mass is 10.0. The summed E-state index contributed by atoms with van der Waals surface area (Å²) < 4.78 is 5.51. The second kappa shape index (κ2) is 9.17. The summed E-state index contributed by atoms with van der Waals surface area (Å²) in [5.41, 5.74) is 5.69. The first kappa shape index (κ1) is 21.4. The smallest absolute Gasteiger partial charge is 0.410 e. The molecule has 2 saturated heterocycles. The van der Waals surface area contributed by atoms with Crippen molar-refractivity contribution in [1.82, 2.24) is 10.2 Å². The molecular formula is C26H30N4O3. The van der Waals surface area contributed by atoms with Gasteiger partial charge in [-0.05, 0) is 36.6 Å². The molecule has 0 bridgehead atoms. The number of nitrogens with one attached hydrogen (secondary N) is 1. The van der Waals surface area contributed by atoms with Gasteiger partial charge in [-0.15, -0.1) is 0 Å². The summed E-state index contributed by atoms with van der Waals surface area (Å²) in [6, 6.07) is 16.0. The minimum Gasteiger partial charge on any atom is -0.445 e. The van der Waals surface area contributed by atoms with Gasteiger partial charge in [-0.25, -0.2) is 4.79 Å². The summed E-state index contributed by atoms with van der Waals surface area (Å²) in [6.07, 6.45) is 2.69. The molecule has 2 aromatic carbocycles. The van der Waals surface area contributed by atoms with Crippen molar-refractivity contribution in [2.24, 2.45) is 0 Å². The van der Waals surface area contributed by atoms with E-state index in [0.717, 1.165) is 41.2 Å². The van der Waals surface area contributed by atoms with Crippen molar-refractivity contribution in [3.63, 3.8) is 0 Å². The van der Waals surface area contributed by atoms with E-state index < -0.39 is 0 Å². The molecule has 0 aliphatic carbocycles. The van der Waals surface area contributed by atoms with Crippen molar-refractivity contribution in [2.45, 2.75) is 25.9 Å². The van der Waals surface area contributed by atoms with Gasteiger partial charge in [-0.1, -0.05) is 30.3 Å².